The van der Waals surface area contributed by atoms with Crippen LogP contribution in [0.15, 0.2) is 51.5 Å². The van der Waals surface area contributed by atoms with Crippen molar-refractivity contribution in [2.45, 2.75) is 32.7 Å². The third-order valence-electron chi connectivity index (χ3n) is 5.54. The van der Waals surface area contributed by atoms with E-state index in [0.29, 0.717) is 43.5 Å². The monoisotopic (exact) mass is 404 g/mol. The van der Waals surface area contributed by atoms with Crippen molar-refractivity contribution in [1.82, 2.24) is 10.3 Å². The van der Waals surface area contributed by atoms with Gasteiger partial charge in [-0.15, -0.1) is 0 Å². The van der Waals surface area contributed by atoms with Gasteiger partial charge in [-0.1, -0.05) is 29.8 Å². The molecule has 1 aliphatic heterocycles. The highest BCUT2D eigenvalue weighted by Crippen LogP contribution is 2.31. The van der Waals surface area contributed by atoms with Crippen LogP contribution in [0.4, 0.5) is 5.88 Å². The van der Waals surface area contributed by atoms with Crippen LogP contribution >= 0.6 is 0 Å². The van der Waals surface area contributed by atoms with E-state index in [2.05, 4.69) is 28.5 Å². The van der Waals surface area contributed by atoms with E-state index in [1.807, 2.05) is 30.9 Å². The average Bonchev–Trinajstić information content (AvgIpc) is 3.44. The molecule has 0 bridgehead atoms. The molecule has 1 unspecified atom stereocenters. The lowest BCUT2D eigenvalue weighted by Crippen LogP contribution is -2.41. The topological polar surface area (TPSA) is 95.3 Å². The van der Waals surface area contributed by atoms with Crippen molar-refractivity contribution in [3.8, 4) is 17.7 Å². The summed E-state index contributed by atoms with van der Waals surface area (Å²) in [6.45, 7) is 5.29. The van der Waals surface area contributed by atoms with Crippen molar-refractivity contribution < 1.29 is 13.6 Å². The Morgan fingerprint density at radius 2 is 2.00 bits per heavy atom. The number of oxazole rings is 1. The highest BCUT2D eigenvalue weighted by Gasteiger charge is 2.29. The number of hydrogen-bond acceptors (Lipinski definition) is 6. The Balaban J connectivity index is 1.37. The van der Waals surface area contributed by atoms with Crippen molar-refractivity contribution >= 4 is 11.8 Å². The van der Waals surface area contributed by atoms with Crippen molar-refractivity contribution in [2.75, 3.05) is 18.0 Å². The number of rotatable bonds is 5. The number of anilines is 1. The summed E-state index contributed by atoms with van der Waals surface area (Å²) >= 11 is 0. The van der Waals surface area contributed by atoms with E-state index >= 15 is 0 Å². The van der Waals surface area contributed by atoms with E-state index in [0.717, 1.165) is 5.56 Å². The molecule has 0 saturated carbocycles. The zero-order valence-electron chi connectivity index (χ0n) is 17.1. The summed E-state index contributed by atoms with van der Waals surface area (Å²) in [5.41, 5.74) is 2.53. The minimum atomic E-state index is -0.0628. The maximum Gasteiger partial charge on any atom is 0.266 e. The van der Waals surface area contributed by atoms with Crippen LogP contribution in [0.25, 0.3) is 11.7 Å². The summed E-state index contributed by atoms with van der Waals surface area (Å²) in [4.78, 5) is 19.0. The lowest BCUT2D eigenvalue weighted by Gasteiger charge is -2.31. The SMILES string of the molecule is Cc1ccc(C(C)NC(=O)C2CCN(c3oc(-c4ccco4)nc3C#N)CC2)cc1. The molecule has 0 spiro atoms. The molecular formula is C23H24N4O3. The summed E-state index contributed by atoms with van der Waals surface area (Å²) in [7, 11) is 0. The van der Waals surface area contributed by atoms with Gasteiger partial charge in [-0.25, -0.2) is 0 Å². The van der Waals surface area contributed by atoms with Crippen LogP contribution in [0.2, 0.25) is 0 Å². The minimum Gasteiger partial charge on any atom is -0.459 e. The lowest BCUT2D eigenvalue weighted by molar-refractivity contribution is -0.126. The molecule has 1 aliphatic rings. The highest BCUT2D eigenvalue weighted by atomic mass is 16.4. The summed E-state index contributed by atoms with van der Waals surface area (Å²) in [6.07, 6.45) is 2.91. The van der Waals surface area contributed by atoms with Gasteiger partial charge in [-0.05, 0) is 44.4 Å². The first-order chi connectivity index (χ1) is 14.5. The number of benzene rings is 1. The molecule has 0 radical (unpaired) electrons. The fraction of sp³-hybridized carbons (Fsp3) is 0.348. The van der Waals surface area contributed by atoms with E-state index < -0.39 is 0 Å². The summed E-state index contributed by atoms with van der Waals surface area (Å²) < 4.78 is 11.1. The summed E-state index contributed by atoms with van der Waals surface area (Å²) in [5, 5.41) is 12.6. The predicted molar refractivity (Wildman–Crippen MR) is 112 cm³/mol. The number of piperidine rings is 1. The number of carbonyl (C=O) groups excluding carboxylic acids is 1. The van der Waals surface area contributed by atoms with Gasteiger partial charge >= 0.3 is 0 Å². The Morgan fingerprint density at radius 1 is 1.27 bits per heavy atom. The molecule has 154 valence electrons. The van der Waals surface area contributed by atoms with Gasteiger partial charge in [0.15, 0.2) is 5.76 Å². The number of amides is 1. The van der Waals surface area contributed by atoms with Gasteiger partial charge in [0.25, 0.3) is 5.89 Å². The molecule has 4 rings (SSSR count). The first kappa shape index (κ1) is 19.8. The van der Waals surface area contributed by atoms with E-state index in [1.54, 1.807) is 12.1 Å². The zero-order chi connectivity index (χ0) is 21.1. The number of furan rings is 1. The van der Waals surface area contributed by atoms with Gasteiger partial charge < -0.3 is 19.1 Å². The maximum absolute atomic E-state index is 12.7. The summed E-state index contributed by atoms with van der Waals surface area (Å²) in [6, 6.07) is 13.7. The largest absolute Gasteiger partial charge is 0.459 e. The second-order valence-corrected chi connectivity index (χ2v) is 7.66. The Kier molecular flexibility index (Phi) is 5.57. The highest BCUT2D eigenvalue weighted by molar-refractivity contribution is 5.79. The molecule has 0 aliphatic carbocycles. The molecule has 7 heteroatoms. The van der Waals surface area contributed by atoms with E-state index in [-0.39, 0.29) is 23.6 Å². The zero-order valence-corrected chi connectivity index (χ0v) is 17.1. The Morgan fingerprint density at radius 3 is 2.63 bits per heavy atom. The smallest absolute Gasteiger partial charge is 0.266 e. The Labute approximate surface area is 175 Å². The second-order valence-electron chi connectivity index (χ2n) is 7.66. The number of hydrogen-bond donors (Lipinski definition) is 1. The Bertz CT molecular complexity index is 1040. The molecule has 7 nitrogen and oxygen atoms in total. The number of aryl methyl sites for hydroxylation is 1. The first-order valence-electron chi connectivity index (χ1n) is 10.1. The van der Waals surface area contributed by atoms with E-state index in [1.165, 1.54) is 11.8 Å². The number of aromatic nitrogens is 1. The third kappa shape index (κ3) is 4.08. The number of carbonyl (C=O) groups is 1. The minimum absolute atomic E-state index is 0.0357. The predicted octanol–water partition coefficient (Wildman–Crippen LogP) is 4.21. The first-order valence-corrected chi connectivity index (χ1v) is 10.1. The quantitative estimate of drug-likeness (QED) is 0.684. The summed E-state index contributed by atoms with van der Waals surface area (Å²) in [5.74, 6) is 1.22. The van der Waals surface area contributed by atoms with Crippen molar-refractivity contribution in [3.63, 3.8) is 0 Å². The van der Waals surface area contributed by atoms with Gasteiger partial charge in [0.2, 0.25) is 17.5 Å². The molecule has 3 heterocycles. The lowest BCUT2D eigenvalue weighted by atomic mass is 9.95. The fourth-order valence-corrected chi connectivity index (χ4v) is 3.72. The molecule has 1 saturated heterocycles. The van der Waals surface area contributed by atoms with Gasteiger partial charge in [0.05, 0.1) is 12.3 Å². The molecule has 1 atom stereocenters. The van der Waals surface area contributed by atoms with Crippen LogP contribution in [-0.2, 0) is 4.79 Å². The third-order valence-corrected chi connectivity index (χ3v) is 5.54. The van der Waals surface area contributed by atoms with Crippen LogP contribution in [0, 0.1) is 24.2 Å². The van der Waals surface area contributed by atoms with E-state index in [4.69, 9.17) is 8.83 Å². The standard InChI is InChI=1S/C23H24N4O3/c1-15-5-7-17(8-6-15)16(2)25-21(28)18-9-11-27(12-10-18)23-19(14-24)26-22(30-23)20-4-3-13-29-20/h3-8,13,16,18H,9-12H2,1-2H3,(H,25,28). The van der Waals surface area contributed by atoms with Gasteiger partial charge in [-0.3, -0.25) is 4.79 Å². The molecule has 1 aromatic carbocycles. The van der Waals surface area contributed by atoms with Gasteiger partial charge in [-0.2, -0.15) is 10.2 Å². The van der Waals surface area contributed by atoms with Crippen LogP contribution < -0.4 is 10.2 Å². The van der Waals surface area contributed by atoms with Gasteiger partial charge in [0.1, 0.15) is 6.07 Å². The van der Waals surface area contributed by atoms with Crippen molar-refractivity contribution in [1.29, 1.82) is 5.26 Å². The maximum atomic E-state index is 12.7. The number of nitrogens with zero attached hydrogens (tertiary/aromatic N) is 3. The number of nitrogens with one attached hydrogen (secondary N) is 1. The normalized spacial score (nSPS) is 15.6. The van der Waals surface area contributed by atoms with Crippen molar-refractivity contribution in [2.24, 2.45) is 5.92 Å². The number of nitriles is 1. The average molecular weight is 404 g/mol. The molecule has 1 amide bonds. The molecule has 1 N–H and O–H groups in total. The van der Waals surface area contributed by atoms with Crippen LogP contribution in [-0.4, -0.2) is 24.0 Å². The molecule has 2 aromatic heterocycles. The van der Waals surface area contributed by atoms with Crippen LogP contribution in [0.5, 0.6) is 0 Å². The van der Waals surface area contributed by atoms with Crippen LogP contribution in [0.3, 0.4) is 0 Å². The molecule has 1 fully saturated rings. The van der Waals surface area contributed by atoms with E-state index in [9.17, 15) is 10.1 Å². The molecular weight excluding hydrogens is 380 g/mol. The fourth-order valence-electron chi connectivity index (χ4n) is 3.72. The molecule has 3 aromatic rings. The van der Waals surface area contributed by atoms with Gasteiger partial charge in [0, 0.05) is 19.0 Å². The van der Waals surface area contributed by atoms with Crippen molar-refractivity contribution in [3.05, 3.63) is 59.5 Å². The van der Waals surface area contributed by atoms with Crippen LogP contribution in [0.1, 0.15) is 42.6 Å². The Hall–Kier alpha value is -3.53. The molecule has 30 heavy (non-hydrogen) atoms. The second kappa shape index (κ2) is 8.46.